The molecule has 0 amide bonds. The molecule has 1 saturated heterocycles. The van der Waals surface area contributed by atoms with Crippen LogP contribution in [0.1, 0.15) is 24.1 Å². The molecule has 0 atom stereocenters. The standard InChI is InChI=1S/C13H16N2/c1-15-9-6-13(7-10-15)5-4-11-3-2-8-14-12(11)13/h2-5,8H,6-7,9-10H2,1H3. The molecular weight excluding hydrogens is 184 g/mol. The second-order valence-electron chi connectivity index (χ2n) is 4.73. The Kier molecular flexibility index (Phi) is 1.93. The number of pyridine rings is 1. The molecule has 1 spiro atoms. The Morgan fingerprint density at radius 1 is 1.33 bits per heavy atom. The lowest BCUT2D eigenvalue weighted by Gasteiger charge is -2.36. The second-order valence-corrected chi connectivity index (χ2v) is 4.73. The molecule has 15 heavy (non-hydrogen) atoms. The molecule has 0 unspecified atom stereocenters. The van der Waals surface area contributed by atoms with E-state index < -0.39 is 0 Å². The number of hydrogen-bond donors (Lipinski definition) is 0. The van der Waals surface area contributed by atoms with Crippen molar-refractivity contribution in [1.29, 1.82) is 0 Å². The van der Waals surface area contributed by atoms with Gasteiger partial charge in [0.15, 0.2) is 0 Å². The van der Waals surface area contributed by atoms with Gasteiger partial charge in [-0.1, -0.05) is 18.2 Å². The lowest BCUT2D eigenvalue weighted by atomic mass is 9.77. The van der Waals surface area contributed by atoms with Crippen molar-refractivity contribution >= 4 is 6.08 Å². The minimum Gasteiger partial charge on any atom is -0.306 e. The molecule has 1 aromatic heterocycles. The largest absolute Gasteiger partial charge is 0.306 e. The summed E-state index contributed by atoms with van der Waals surface area (Å²) in [4.78, 5) is 6.98. The molecular formula is C13H16N2. The Morgan fingerprint density at radius 2 is 2.13 bits per heavy atom. The summed E-state index contributed by atoms with van der Waals surface area (Å²) in [5.41, 5.74) is 2.88. The predicted octanol–water partition coefficient (Wildman–Crippen LogP) is 2.07. The minimum absolute atomic E-state index is 0.253. The summed E-state index contributed by atoms with van der Waals surface area (Å²) in [6.45, 7) is 2.36. The summed E-state index contributed by atoms with van der Waals surface area (Å²) in [5.74, 6) is 0. The summed E-state index contributed by atoms with van der Waals surface area (Å²) in [7, 11) is 2.20. The van der Waals surface area contributed by atoms with E-state index in [4.69, 9.17) is 0 Å². The van der Waals surface area contributed by atoms with Crippen LogP contribution in [-0.2, 0) is 5.41 Å². The van der Waals surface area contributed by atoms with E-state index in [0.717, 1.165) is 0 Å². The maximum atomic E-state index is 4.58. The molecule has 78 valence electrons. The lowest BCUT2D eigenvalue weighted by Crippen LogP contribution is -2.39. The fourth-order valence-corrected chi connectivity index (χ4v) is 2.72. The van der Waals surface area contributed by atoms with Crippen molar-refractivity contribution in [3.63, 3.8) is 0 Å². The van der Waals surface area contributed by atoms with Crippen LogP contribution in [0.5, 0.6) is 0 Å². The van der Waals surface area contributed by atoms with Gasteiger partial charge in [0, 0.05) is 11.6 Å². The number of hydrogen-bond acceptors (Lipinski definition) is 2. The third kappa shape index (κ3) is 1.32. The second kappa shape index (κ2) is 3.17. The molecule has 0 bridgehead atoms. The maximum absolute atomic E-state index is 4.58. The molecule has 1 aliphatic heterocycles. The topological polar surface area (TPSA) is 16.1 Å². The highest BCUT2D eigenvalue weighted by atomic mass is 15.1. The number of likely N-dealkylation sites (tertiary alicyclic amines) is 1. The van der Waals surface area contributed by atoms with Crippen LogP contribution in [0.25, 0.3) is 6.08 Å². The summed E-state index contributed by atoms with van der Waals surface area (Å²) >= 11 is 0. The number of nitrogens with zero attached hydrogens (tertiary/aromatic N) is 2. The summed E-state index contributed by atoms with van der Waals surface area (Å²) in [6.07, 6.45) is 8.96. The van der Waals surface area contributed by atoms with Gasteiger partial charge in [-0.05, 0) is 44.6 Å². The molecule has 2 aliphatic rings. The fourth-order valence-electron chi connectivity index (χ4n) is 2.72. The minimum atomic E-state index is 0.253. The van der Waals surface area contributed by atoms with E-state index in [-0.39, 0.29) is 5.41 Å². The van der Waals surface area contributed by atoms with E-state index in [1.54, 1.807) is 0 Å². The molecule has 3 rings (SSSR count). The maximum Gasteiger partial charge on any atom is 0.0576 e. The SMILES string of the molecule is CN1CCC2(C=Cc3cccnc32)CC1. The van der Waals surface area contributed by atoms with E-state index in [1.807, 2.05) is 12.3 Å². The number of allylic oxidation sites excluding steroid dienone is 1. The van der Waals surface area contributed by atoms with Crippen molar-refractivity contribution < 1.29 is 0 Å². The third-order valence-corrected chi connectivity index (χ3v) is 3.77. The third-order valence-electron chi connectivity index (χ3n) is 3.77. The average Bonchev–Trinajstić information content (AvgIpc) is 2.63. The van der Waals surface area contributed by atoms with E-state index in [2.05, 4.69) is 35.1 Å². The van der Waals surface area contributed by atoms with Crippen molar-refractivity contribution in [2.45, 2.75) is 18.3 Å². The molecule has 2 heterocycles. The van der Waals surface area contributed by atoms with E-state index in [1.165, 1.54) is 37.2 Å². The molecule has 1 fully saturated rings. The molecule has 1 aromatic rings. The summed E-state index contributed by atoms with van der Waals surface area (Å²) in [5, 5.41) is 0. The highest BCUT2D eigenvalue weighted by Gasteiger charge is 2.38. The molecule has 1 aliphatic carbocycles. The lowest BCUT2D eigenvalue weighted by molar-refractivity contribution is 0.217. The van der Waals surface area contributed by atoms with Crippen LogP contribution in [0.2, 0.25) is 0 Å². The Balaban J connectivity index is 1.99. The van der Waals surface area contributed by atoms with Crippen molar-refractivity contribution in [3.05, 3.63) is 35.7 Å². The van der Waals surface area contributed by atoms with Gasteiger partial charge in [-0.25, -0.2) is 0 Å². The Morgan fingerprint density at radius 3 is 2.93 bits per heavy atom. The van der Waals surface area contributed by atoms with Crippen molar-refractivity contribution in [2.75, 3.05) is 20.1 Å². The monoisotopic (exact) mass is 200 g/mol. The summed E-state index contributed by atoms with van der Waals surface area (Å²) < 4.78 is 0. The first-order valence-electron chi connectivity index (χ1n) is 5.63. The van der Waals surface area contributed by atoms with Gasteiger partial charge >= 0.3 is 0 Å². The van der Waals surface area contributed by atoms with Crippen molar-refractivity contribution in [1.82, 2.24) is 9.88 Å². The van der Waals surface area contributed by atoms with E-state index in [0.29, 0.717) is 0 Å². The van der Waals surface area contributed by atoms with E-state index in [9.17, 15) is 0 Å². The zero-order valence-corrected chi connectivity index (χ0v) is 9.11. The van der Waals surface area contributed by atoms with Gasteiger partial charge in [-0.2, -0.15) is 0 Å². The van der Waals surface area contributed by atoms with Gasteiger partial charge < -0.3 is 4.90 Å². The van der Waals surface area contributed by atoms with Gasteiger partial charge in [0.2, 0.25) is 0 Å². The first-order valence-corrected chi connectivity index (χ1v) is 5.63. The zero-order valence-electron chi connectivity index (χ0n) is 9.11. The Hall–Kier alpha value is -1.15. The molecule has 0 saturated carbocycles. The van der Waals surface area contributed by atoms with Gasteiger partial charge in [0.1, 0.15) is 0 Å². The number of piperidine rings is 1. The van der Waals surface area contributed by atoms with Crippen LogP contribution in [0.4, 0.5) is 0 Å². The molecule has 2 nitrogen and oxygen atoms in total. The zero-order chi connectivity index (χ0) is 10.3. The van der Waals surface area contributed by atoms with Crippen LogP contribution < -0.4 is 0 Å². The predicted molar refractivity (Wildman–Crippen MR) is 61.7 cm³/mol. The van der Waals surface area contributed by atoms with Gasteiger partial charge in [0.05, 0.1) is 5.69 Å². The van der Waals surface area contributed by atoms with E-state index >= 15 is 0 Å². The van der Waals surface area contributed by atoms with Gasteiger partial charge in [0.25, 0.3) is 0 Å². The average molecular weight is 200 g/mol. The van der Waals surface area contributed by atoms with Crippen LogP contribution in [-0.4, -0.2) is 30.0 Å². The normalized spacial score (nSPS) is 23.3. The quantitative estimate of drug-likeness (QED) is 0.637. The molecule has 2 heteroatoms. The van der Waals surface area contributed by atoms with Crippen LogP contribution in [0.3, 0.4) is 0 Å². The van der Waals surface area contributed by atoms with Crippen molar-refractivity contribution in [2.24, 2.45) is 0 Å². The molecule has 0 N–H and O–H groups in total. The van der Waals surface area contributed by atoms with Gasteiger partial charge in [-0.15, -0.1) is 0 Å². The molecule has 0 radical (unpaired) electrons. The smallest absolute Gasteiger partial charge is 0.0576 e. The summed E-state index contributed by atoms with van der Waals surface area (Å²) in [6, 6.07) is 4.20. The highest BCUT2D eigenvalue weighted by Crippen LogP contribution is 2.41. The van der Waals surface area contributed by atoms with Crippen LogP contribution in [0.15, 0.2) is 24.4 Å². The van der Waals surface area contributed by atoms with Crippen molar-refractivity contribution in [3.8, 4) is 0 Å². The Labute approximate surface area is 90.6 Å². The van der Waals surface area contributed by atoms with Crippen LogP contribution >= 0.6 is 0 Å². The molecule has 0 aromatic carbocycles. The fraction of sp³-hybridized carbons (Fsp3) is 0.462. The first-order chi connectivity index (χ1) is 7.30. The van der Waals surface area contributed by atoms with Crippen LogP contribution in [0, 0.1) is 0 Å². The Bertz CT molecular complexity index is 401. The number of fused-ring (bicyclic) bond motifs is 2. The van der Waals surface area contributed by atoms with Gasteiger partial charge in [-0.3, -0.25) is 4.98 Å². The highest BCUT2D eigenvalue weighted by molar-refractivity contribution is 5.63. The first kappa shape index (κ1) is 9.10. The number of rotatable bonds is 0. The number of aromatic nitrogens is 1.